The Labute approximate surface area is 204 Å². The van der Waals surface area contributed by atoms with Crippen LogP contribution in [0.5, 0.6) is 0 Å². The zero-order valence-corrected chi connectivity index (χ0v) is 21.5. The first-order valence-electron chi connectivity index (χ1n) is 13.2. The van der Waals surface area contributed by atoms with Gasteiger partial charge in [-0.3, -0.25) is 4.79 Å². The number of unbranched alkanes of at least 4 members (excludes halogenated alkanes) is 3. The summed E-state index contributed by atoms with van der Waals surface area (Å²) in [5, 5.41) is 10.0. The summed E-state index contributed by atoms with van der Waals surface area (Å²) < 4.78 is 26.0. The van der Waals surface area contributed by atoms with Gasteiger partial charge < -0.3 is 14.6 Å². The van der Waals surface area contributed by atoms with E-state index in [2.05, 4.69) is 20.8 Å². The van der Waals surface area contributed by atoms with Crippen LogP contribution in [0.3, 0.4) is 0 Å². The van der Waals surface area contributed by atoms with Crippen molar-refractivity contribution < 1.29 is 23.8 Å². The van der Waals surface area contributed by atoms with Crippen molar-refractivity contribution in [2.75, 3.05) is 6.61 Å². The van der Waals surface area contributed by atoms with Gasteiger partial charge in [-0.2, -0.15) is 0 Å². The summed E-state index contributed by atoms with van der Waals surface area (Å²) in [4.78, 5) is 11.8. The van der Waals surface area contributed by atoms with E-state index in [4.69, 9.17) is 9.47 Å². The molecule has 0 radical (unpaired) electrons. The van der Waals surface area contributed by atoms with Crippen LogP contribution in [0.2, 0.25) is 0 Å². The first kappa shape index (κ1) is 26.9. The summed E-state index contributed by atoms with van der Waals surface area (Å²) >= 11 is 0. The van der Waals surface area contributed by atoms with Gasteiger partial charge in [0.1, 0.15) is 11.9 Å². The fraction of sp³-hybridized carbons (Fsp3) is 0.690. The zero-order chi connectivity index (χ0) is 24.7. The van der Waals surface area contributed by atoms with Gasteiger partial charge in [-0.05, 0) is 79.7 Å². The van der Waals surface area contributed by atoms with E-state index < -0.39 is 6.10 Å². The Morgan fingerprint density at radius 3 is 2.68 bits per heavy atom. The number of ether oxygens (including phenoxy) is 2. The molecule has 0 saturated carbocycles. The Hall–Kier alpha value is -1.72. The maximum Gasteiger partial charge on any atom is 0.308 e. The highest BCUT2D eigenvalue weighted by Crippen LogP contribution is 2.49. The molecule has 0 bridgehead atoms. The van der Waals surface area contributed by atoms with Crippen molar-refractivity contribution in [3.05, 3.63) is 40.7 Å². The Kier molecular flexibility index (Phi) is 9.73. The zero-order valence-electron chi connectivity index (χ0n) is 21.5. The molecule has 3 rings (SSSR count). The Bertz CT molecular complexity index is 864. The van der Waals surface area contributed by atoms with Crippen LogP contribution >= 0.6 is 0 Å². The van der Waals surface area contributed by atoms with Gasteiger partial charge in [0.25, 0.3) is 0 Å². The maximum absolute atomic E-state index is 14.1. The van der Waals surface area contributed by atoms with Gasteiger partial charge in [0.05, 0.1) is 18.6 Å². The number of allylic oxidation sites excluding steroid dienone is 1. The molecule has 2 aliphatic rings. The van der Waals surface area contributed by atoms with Crippen molar-refractivity contribution >= 4 is 11.5 Å². The van der Waals surface area contributed by atoms with Gasteiger partial charge in [-0.15, -0.1) is 0 Å². The molecule has 1 aromatic rings. The Morgan fingerprint density at radius 1 is 1.21 bits per heavy atom. The number of carbonyl (C=O) groups excluding carboxylic acids is 1. The largest absolute Gasteiger partial charge is 0.462 e. The average Bonchev–Trinajstić information content (AvgIpc) is 2.79. The molecule has 1 aliphatic heterocycles. The molecule has 1 fully saturated rings. The number of esters is 1. The van der Waals surface area contributed by atoms with Crippen LogP contribution in [0.25, 0.3) is 5.57 Å². The molecular weight excluding hydrogens is 431 g/mol. The van der Waals surface area contributed by atoms with Crippen LogP contribution in [0.15, 0.2) is 23.8 Å². The minimum Gasteiger partial charge on any atom is -0.462 e. The van der Waals surface area contributed by atoms with Crippen molar-refractivity contribution in [1.29, 1.82) is 0 Å². The molecule has 4 nitrogen and oxygen atoms in total. The lowest BCUT2D eigenvalue weighted by Gasteiger charge is -2.42. The number of aliphatic hydroxyl groups excluding tert-OH is 1. The molecule has 2 unspecified atom stereocenters. The number of hydrogen-bond acceptors (Lipinski definition) is 4. The summed E-state index contributed by atoms with van der Waals surface area (Å²) in [5.41, 5.74) is 4.28. The number of hydrogen-bond donors (Lipinski definition) is 1. The molecule has 1 N–H and O–H groups in total. The maximum atomic E-state index is 14.1. The average molecular weight is 475 g/mol. The first-order chi connectivity index (χ1) is 16.3. The van der Waals surface area contributed by atoms with Crippen molar-refractivity contribution in [3.63, 3.8) is 0 Å². The smallest absolute Gasteiger partial charge is 0.308 e. The van der Waals surface area contributed by atoms with Crippen LogP contribution in [-0.4, -0.2) is 36.0 Å². The number of cyclic esters (lactones) is 1. The molecule has 34 heavy (non-hydrogen) atoms. The van der Waals surface area contributed by atoms with E-state index in [9.17, 15) is 14.3 Å². The Balaban J connectivity index is 1.86. The van der Waals surface area contributed by atoms with E-state index in [-0.39, 0.29) is 35.8 Å². The van der Waals surface area contributed by atoms with E-state index in [1.807, 2.05) is 19.1 Å². The van der Waals surface area contributed by atoms with Gasteiger partial charge in [-0.1, -0.05) is 51.7 Å². The molecule has 0 spiro atoms. The van der Waals surface area contributed by atoms with Crippen LogP contribution in [0, 0.1) is 18.2 Å². The minimum atomic E-state index is -0.617. The molecule has 1 saturated heterocycles. The Morgan fingerprint density at radius 2 is 2.00 bits per heavy atom. The summed E-state index contributed by atoms with van der Waals surface area (Å²) in [6.07, 6.45) is 8.84. The highest BCUT2D eigenvalue weighted by Gasteiger charge is 2.39. The molecule has 5 heteroatoms. The number of aryl methyl sites for hydroxylation is 1. The third-order valence-corrected chi connectivity index (χ3v) is 7.79. The second kappa shape index (κ2) is 12.3. The van der Waals surface area contributed by atoms with Crippen molar-refractivity contribution in [3.8, 4) is 0 Å². The monoisotopic (exact) mass is 474 g/mol. The van der Waals surface area contributed by atoms with Crippen LogP contribution in [0.4, 0.5) is 4.39 Å². The number of benzene rings is 1. The van der Waals surface area contributed by atoms with E-state index in [0.29, 0.717) is 18.4 Å². The molecule has 4 atom stereocenters. The van der Waals surface area contributed by atoms with Crippen molar-refractivity contribution in [1.82, 2.24) is 0 Å². The van der Waals surface area contributed by atoms with E-state index >= 15 is 0 Å². The van der Waals surface area contributed by atoms with Gasteiger partial charge >= 0.3 is 5.97 Å². The number of halogens is 1. The normalized spacial score (nSPS) is 27.7. The highest BCUT2D eigenvalue weighted by molar-refractivity contribution is 5.72. The molecule has 0 aromatic heterocycles. The van der Waals surface area contributed by atoms with Crippen molar-refractivity contribution in [2.45, 2.75) is 117 Å². The van der Waals surface area contributed by atoms with E-state index in [1.54, 1.807) is 6.07 Å². The molecule has 1 aromatic carbocycles. The lowest BCUT2D eigenvalue weighted by atomic mass is 9.65. The first-order valence-corrected chi connectivity index (χ1v) is 13.2. The fourth-order valence-corrected chi connectivity index (χ4v) is 5.59. The topological polar surface area (TPSA) is 55.8 Å². The van der Waals surface area contributed by atoms with Crippen LogP contribution in [0.1, 0.15) is 103 Å². The highest BCUT2D eigenvalue weighted by atomic mass is 19.1. The number of aliphatic hydroxyl groups is 1. The van der Waals surface area contributed by atoms with Gasteiger partial charge in [0, 0.05) is 13.0 Å². The quantitative estimate of drug-likeness (QED) is 0.280. The van der Waals surface area contributed by atoms with Crippen molar-refractivity contribution in [2.24, 2.45) is 5.41 Å². The predicted octanol–water partition coefficient (Wildman–Crippen LogP) is 6.91. The summed E-state index contributed by atoms with van der Waals surface area (Å²) in [7, 11) is 0. The molecule has 1 aliphatic carbocycles. The van der Waals surface area contributed by atoms with Gasteiger partial charge in [0.2, 0.25) is 0 Å². The van der Waals surface area contributed by atoms with E-state index in [0.717, 1.165) is 44.3 Å². The second-order valence-electron chi connectivity index (χ2n) is 10.5. The summed E-state index contributed by atoms with van der Waals surface area (Å²) in [6, 6.07) is 5.41. The summed E-state index contributed by atoms with van der Waals surface area (Å²) in [6.45, 7) is 9.35. The molecule has 190 valence electrons. The predicted molar refractivity (Wildman–Crippen MR) is 134 cm³/mol. The molecule has 1 heterocycles. The van der Waals surface area contributed by atoms with Gasteiger partial charge in [-0.25, -0.2) is 4.39 Å². The van der Waals surface area contributed by atoms with Crippen LogP contribution < -0.4 is 0 Å². The lowest BCUT2D eigenvalue weighted by Crippen LogP contribution is -2.35. The third kappa shape index (κ3) is 6.91. The molecule has 0 amide bonds. The lowest BCUT2D eigenvalue weighted by molar-refractivity contribution is -0.160. The third-order valence-electron chi connectivity index (χ3n) is 7.79. The molecular formula is C29H43FO4. The minimum absolute atomic E-state index is 0.0404. The fourth-order valence-electron chi connectivity index (χ4n) is 5.59. The number of rotatable bonds is 11. The summed E-state index contributed by atoms with van der Waals surface area (Å²) in [5.74, 6) is -0.502. The number of carbonyl (C=O) groups is 1. The standard InChI is InChI=1S/C29H43FO4/c1-5-7-8-9-14-33-24-18-25(21-10-13-27(30)20(3)15-21)26(29(4,6-2)19-24)12-11-23-16-22(31)17-28(32)34-23/h10,13,15,22-24,31H,5-9,11-12,14,16-19H2,1-4H3/t22-,23-,24?,29?/m1/s1. The van der Waals surface area contributed by atoms with E-state index in [1.165, 1.54) is 30.4 Å². The second-order valence-corrected chi connectivity index (χ2v) is 10.5. The van der Waals surface area contributed by atoms with Gasteiger partial charge in [0.15, 0.2) is 0 Å². The SMILES string of the molecule is CCCCCCOC1CC(c2ccc(F)c(C)c2)=C(CC[C@@H]2C[C@@H](O)CC(=O)O2)C(C)(CC)C1. The van der Waals surface area contributed by atoms with Crippen LogP contribution in [-0.2, 0) is 14.3 Å².